The van der Waals surface area contributed by atoms with E-state index in [0.29, 0.717) is 69.8 Å². The van der Waals surface area contributed by atoms with Gasteiger partial charge < -0.3 is 39.5 Å². The highest BCUT2D eigenvalue weighted by Crippen LogP contribution is 2.40. The molecule has 1 amide bonds. The second kappa shape index (κ2) is 14.2. The summed E-state index contributed by atoms with van der Waals surface area (Å²) >= 11 is 3.45. The standard InChI is InChI=1S/C26H30BrN3O7/c27-18-5-6-19-22(17-18)29-26(32)23(19)25-24(20-3-1-2-4-21(20)28-25)30-37-16-15-36-14-13-35-12-11-34-10-9-33-8-7-31/h1-6,17,28,31H,7-16H2,(H,29,32)/b25-23-,30-24+. The van der Waals surface area contributed by atoms with Crippen LogP contribution in [0.2, 0.25) is 0 Å². The summed E-state index contributed by atoms with van der Waals surface area (Å²) in [4.78, 5) is 18.4. The zero-order valence-corrected chi connectivity index (χ0v) is 21.9. The Morgan fingerprint density at radius 2 is 1.41 bits per heavy atom. The maximum absolute atomic E-state index is 12.9. The van der Waals surface area contributed by atoms with Crippen molar-refractivity contribution in [3.63, 3.8) is 0 Å². The van der Waals surface area contributed by atoms with Crippen molar-refractivity contribution in [1.82, 2.24) is 0 Å². The maximum Gasteiger partial charge on any atom is 0.258 e. The topological polar surface area (TPSA) is 120 Å². The third-order valence-corrected chi connectivity index (χ3v) is 5.97. The number of nitrogens with zero attached hydrogens (tertiary/aromatic N) is 1. The molecule has 0 fully saturated rings. The highest BCUT2D eigenvalue weighted by atomic mass is 79.9. The van der Waals surface area contributed by atoms with Crippen LogP contribution in [0.25, 0.3) is 5.57 Å². The van der Waals surface area contributed by atoms with Crippen LogP contribution in [-0.2, 0) is 28.6 Å². The Kier molecular flexibility index (Phi) is 10.5. The van der Waals surface area contributed by atoms with E-state index in [4.69, 9.17) is 28.9 Å². The van der Waals surface area contributed by atoms with Crippen LogP contribution in [0.15, 0.2) is 57.8 Å². The number of nitrogens with one attached hydrogen (secondary N) is 2. The average Bonchev–Trinajstić information content (AvgIpc) is 3.42. The van der Waals surface area contributed by atoms with Gasteiger partial charge in [0, 0.05) is 21.3 Å². The van der Waals surface area contributed by atoms with E-state index in [1.54, 1.807) is 0 Å². The van der Waals surface area contributed by atoms with Gasteiger partial charge >= 0.3 is 0 Å². The van der Waals surface area contributed by atoms with E-state index in [2.05, 4.69) is 31.7 Å². The Balaban J connectivity index is 1.24. The van der Waals surface area contributed by atoms with Crippen LogP contribution in [0.5, 0.6) is 0 Å². The van der Waals surface area contributed by atoms with Crippen molar-refractivity contribution in [3.05, 3.63) is 63.8 Å². The lowest BCUT2D eigenvalue weighted by Gasteiger charge is -2.08. The predicted octanol–water partition coefficient (Wildman–Crippen LogP) is 3.02. The largest absolute Gasteiger partial charge is 0.394 e. The molecule has 0 spiro atoms. The van der Waals surface area contributed by atoms with Crippen molar-refractivity contribution in [2.45, 2.75) is 0 Å². The summed E-state index contributed by atoms with van der Waals surface area (Å²) in [7, 11) is 0. The summed E-state index contributed by atoms with van der Waals surface area (Å²) in [5.74, 6) is -0.195. The molecule has 0 bridgehead atoms. The monoisotopic (exact) mass is 575 g/mol. The number of hydrogen-bond acceptors (Lipinski definition) is 9. The van der Waals surface area contributed by atoms with E-state index in [9.17, 15) is 4.79 Å². The van der Waals surface area contributed by atoms with Gasteiger partial charge in [-0.25, -0.2) is 0 Å². The molecule has 0 atom stereocenters. The molecule has 10 nitrogen and oxygen atoms in total. The molecular weight excluding hydrogens is 546 g/mol. The Hall–Kier alpha value is -2.80. The summed E-state index contributed by atoms with van der Waals surface area (Å²) in [5, 5.41) is 19.2. The third kappa shape index (κ3) is 7.37. The Bertz CT molecular complexity index is 1140. The quantitative estimate of drug-likeness (QED) is 0.168. The fourth-order valence-corrected chi connectivity index (χ4v) is 4.19. The average molecular weight is 576 g/mol. The van der Waals surface area contributed by atoms with Crippen LogP contribution in [-0.4, -0.2) is 82.8 Å². The lowest BCUT2D eigenvalue weighted by atomic mass is 10.0. The van der Waals surface area contributed by atoms with Crippen LogP contribution in [0.3, 0.4) is 0 Å². The molecule has 0 aromatic heterocycles. The fourth-order valence-electron chi connectivity index (χ4n) is 3.83. The molecule has 37 heavy (non-hydrogen) atoms. The van der Waals surface area contributed by atoms with Crippen LogP contribution in [0.1, 0.15) is 11.1 Å². The number of anilines is 2. The Morgan fingerprint density at radius 3 is 2.11 bits per heavy atom. The van der Waals surface area contributed by atoms with E-state index < -0.39 is 0 Å². The second-order valence-corrected chi connectivity index (χ2v) is 8.93. The maximum atomic E-state index is 12.9. The van der Waals surface area contributed by atoms with Gasteiger partial charge in [-0.05, 0) is 18.2 Å². The number of fused-ring (bicyclic) bond motifs is 2. The Morgan fingerprint density at radius 1 is 0.757 bits per heavy atom. The van der Waals surface area contributed by atoms with Crippen molar-refractivity contribution in [3.8, 4) is 0 Å². The molecule has 0 radical (unpaired) electrons. The zero-order chi connectivity index (χ0) is 25.9. The molecule has 2 aromatic carbocycles. The number of allylic oxidation sites excluding steroid dienone is 1. The molecule has 3 N–H and O–H groups in total. The van der Waals surface area contributed by atoms with Crippen LogP contribution in [0.4, 0.5) is 11.4 Å². The first kappa shape index (κ1) is 27.2. The minimum absolute atomic E-state index is 0.0119. The molecule has 2 aliphatic heterocycles. The fraction of sp³-hybridized carbons (Fsp3) is 0.385. The lowest BCUT2D eigenvalue weighted by Crippen LogP contribution is -2.14. The SMILES string of the molecule is O=C1Nc2cc(Br)ccc2/C1=C1/Nc2ccccc2/C1=N\OCCOCCOCCOCCOCCO. The number of oxime groups is 1. The third-order valence-electron chi connectivity index (χ3n) is 5.48. The minimum Gasteiger partial charge on any atom is -0.394 e. The van der Waals surface area contributed by atoms with Crippen LogP contribution >= 0.6 is 15.9 Å². The summed E-state index contributed by atoms with van der Waals surface area (Å²) in [5.41, 5.74) is 4.98. The van der Waals surface area contributed by atoms with Gasteiger partial charge in [0.2, 0.25) is 0 Å². The molecule has 0 aliphatic carbocycles. The number of carbonyl (C=O) groups excluding carboxylic acids is 1. The number of aliphatic hydroxyl groups excluding tert-OH is 1. The smallest absolute Gasteiger partial charge is 0.258 e. The molecule has 2 heterocycles. The van der Waals surface area contributed by atoms with E-state index in [1.807, 2.05) is 42.5 Å². The molecule has 11 heteroatoms. The van der Waals surface area contributed by atoms with Gasteiger partial charge in [0.15, 0.2) is 0 Å². The number of ether oxygens (including phenoxy) is 4. The first-order valence-electron chi connectivity index (χ1n) is 12.0. The molecule has 2 aliphatic rings. The van der Waals surface area contributed by atoms with Gasteiger partial charge in [-0.3, -0.25) is 4.79 Å². The van der Waals surface area contributed by atoms with Gasteiger partial charge in [0.05, 0.1) is 76.4 Å². The number of benzene rings is 2. The second-order valence-electron chi connectivity index (χ2n) is 8.01. The van der Waals surface area contributed by atoms with E-state index in [1.165, 1.54) is 0 Å². The number of halogens is 1. The van der Waals surface area contributed by atoms with Crippen molar-refractivity contribution >= 4 is 44.5 Å². The van der Waals surface area contributed by atoms with Gasteiger partial charge in [-0.2, -0.15) is 0 Å². The number of carbonyl (C=O) groups is 1. The number of hydrogen-bond donors (Lipinski definition) is 3. The molecule has 4 rings (SSSR count). The number of para-hydroxylation sites is 1. The Labute approximate surface area is 223 Å². The molecule has 0 saturated heterocycles. The van der Waals surface area contributed by atoms with Gasteiger partial charge in [0.1, 0.15) is 12.3 Å². The highest BCUT2D eigenvalue weighted by molar-refractivity contribution is 9.10. The van der Waals surface area contributed by atoms with Crippen molar-refractivity contribution in [2.75, 3.05) is 76.7 Å². The molecular formula is C26H30BrN3O7. The molecule has 198 valence electrons. The lowest BCUT2D eigenvalue weighted by molar-refractivity contribution is -0.110. The van der Waals surface area contributed by atoms with Crippen molar-refractivity contribution in [2.24, 2.45) is 5.16 Å². The first-order valence-corrected chi connectivity index (χ1v) is 12.8. The summed E-state index contributed by atoms with van der Waals surface area (Å²) in [6.45, 7) is 3.64. The van der Waals surface area contributed by atoms with Gasteiger partial charge in [-0.1, -0.05) is 45.4 Å². The van der Waals surface area contributed by atoms with E-state index in [0.717, 1.165) is 27.0 Å². The summed E-state index contributed by atoms with van der Waals surface area (Å²) in [6, 6.07) is 13.4. The summed E-state index contributed by atoms with van der Waals surface area (Å²) in [6.07, 6.45) is 0. The predicted molar refractivity (Wildman–Crippen MR) is 143 cm³/mol. The first-order chi connectivity index (χ1) is 18.2. The van der Waals surface area contributed by atoms with Crippen molar-refractivity contribution in [1.29, 1.82) is 0 Å². The van der Waals surface area contributed by atoms with E-state index in [-0.39, 0.29) is 19.1 Å². The van der Waals surface area contributed by atoms with Crippen LogP contribution in [0, 0.1) is 0 Å². The van der Waals surface area contributed by atoms with Crippen molar-refractivity contribution < 1.29 is 33.7 Å². The molecule has 0 unspecified atom stereocenters. The van der Waals surface area contributed by atoms with E-state index >= 15 is 0 Å². The zero-order valence-electron chi connectivity index (χ0n) is 20.3. The molecule has 2 aromatic rings. The highest BCUT2D eigenvalue weighted by Gasteiger charge is 2.34. The van der Waals surface area contributed by atoms with Gasteiger partial charge in [0.25, 0.3) is 5.91 Å². The number of rotatable bonds is 15. The van der Waals surface area contributed by atoms with Crippen LogP contribution < -0.4 is 10.6 Å². The van der Waals surface area contributed by atoms with Gasteiger partial charge in [-0.15, -0.1) is 0 Å². The molecule has 0 saturated carbocycles. The number of aliphatic hydroxyl groups is 1. The summed E-state index contributed by atoms with van der Waals surface area (Å²) < 4.78 is 22.3. The minimum atomic E-state index is -0.195. The normalized spacial score (nSPS) is 17.0. The number of amides is 1.